The molecule has 4 heterocycles. The quantitative estimate of drug-likeness (QED) is 0.127. The molecule has 1 aliphatic rings. The Kier molecular flexibility index (Phi) is 13.1. The maximum Gasteiger partial charge on any atom is 0.426 e. The first-order chi connectivity index (χ1) is 28.6. The molecule has 0 saturated carbocycles. The SMILES string of the molecule is ClCCl.O=S1(=O)C(Cl)=CC=C1C(O)(c1ccc2c(cnn2-c2ccc(F)cc2)c1)C(F)(F)F.OC(c1ccc2c(cnn2-c2ccc(F)cc2)c1)(c1ccc(Cl)s1)C(F)(F)F. The van der Waals surface area contributed by atoms with Crippen molar-refractivity contribution in [3.05, 3.63) is 163 Å². The third-order valence-corrected chi connectivity index (χ3v) is 12.9. The summed E-state index contributed by atoms with van der Waals surface area (Å²) in [7, 11) is -4.69. The molecule has 0 fully saturated rings. The molecule has 7 aromatic rings. The van der Waals surface area contributed by atoms with Gasteiger partial charge in [0.15, 0.2) is 0 Å². The summed E-state index contributed by atoms with van der Waals surface area (Å²) in [5.41, 5.74) is -6.16. The summed E-state index contributed by atoms with van der Waals surface area (Å²) in [5.74, 6) is -0.876. The zero-order valence-electron chi connectivity index (χ0n) is 30.1. The van der Waals surface area contributed by atoms with E-state index in [1.165, 1.54) is 101 Å². The molecule has 2 atom stereocenters. The second kappa shape index (κ2) is 17.3. The third-order valence-electron chi connectivity index (χ3n) is 9.13. The Balaban J connectivity index is 0.000000192. The third kappa shape index (κ3) is 8.64. The van der Waals surface area contributed by atoms with Crippen LogP contribution in [0.3, 0.4) is 0 Å². The number of fused-ring (bicyclic) bond motifs is 2. The van der Waals surface area contributed by atoms with Gasteiger partial charge in [0.05, 0.1) is 54.3 Å². The van der Waals surface area contributed by atoms with E-state index >= 15 is 0 Å². The minimum Gasteiger partial charge on any atom is -0.372 e. The van der Waals surface area contributed by atoms with Crippen molar-refractivity contribution >= 4 is 89.4 Å². The fraction of sp³-hybridized carbons (Fsp3) is 0.128. The second-order valence-electron chi connectivity index (χ2n) is 12.7. The van der Waals surface area contributed by atoms with E-state index in [4.69, 9.17) is 46.4 Å². The number of halogens is 12. The Morgan fingerprint density at radius 1 is 0.623 bits per heavy atom. The van der Waals surface area contributed by atoms with Crippen molar-refractivity contribution in [2.24, 2.45) is 0 Å². The number of sulfone groups is 1. The number of rotatable bonds is 6. The van der Waals surface area contributed by atoms with E-state index in [0.717, 1.165) is 24.3 Å². The van der Waals surface area contributed by atoms with Crippen molar-refractivity contribution < 1.29 is 53.8 Å². The van der Waals surface area contributed by atoms with Crippen LogP contribution in [0.15, 0.2) is 131 Å². The molecule has 0 aliphatic carbocycles. The Labute approximate surface area is 364 Å². The minimum atomic E-state index is -5.36. The molecule has 8 rings (SSSR count). The summed E-state index contributed by atoms with van der Waals surface area (Å²) < 4.78 is 136. The van der Waals surface area contributed by atoms with Crippen LogP contribution in [0.5, 0.6) is 0 Å². The largest absolute Gasteiger partial charge is 0.426 e. The summed E-state index contributed by atoms with van der Waals surface area (Å²) in [6.07, 6.45) is -6.25. The Hall–Kier alpha value is -4.53. The Morgan fingerprint density at radius 2 is 1.05 bits per heavy atom. The lowest BCUT2D eigenvalue weighted by Crippen LogP contribution is -2.45. The van der Waals surface area contributed by atoms with Gasteiger partial charge in [-0.2, -0.15) is 36.5 Å². The highest BCUT2D eigenvalue weighted by Crippen LogP contribution is 2.51. The second-order valence-corrected chi connectivity index (χ2v) is 17.8. The first-order valence-electron chi connectivity index (χ1n) is 16.8. The number of hydrogen-bond donors (Lipinski definition) is 2. The van der Waals surface area contributed by atoms with Gasteiger partial charge in [0, 0.05) is 10.8 Å². The topological polar surface area (TPSA) is 110 Å². The van der Waals surface area contributed by atoms with E-state index in [2.05, 4.69) is 10.2 Å². The molecule has 8 nitrogen and oxygen atoms in total. The predicted molar refractivity (Wildman–Crippen MR) is 218 cm³/mol. The number of aliphatic hydroxyl groups is 2. The van der Waals surface area contributed by atoms with Gasteiger partial charge in [0.25, 0.3) is 0 Å². The van der Waals surface area contributed by atoms with E-state index in [0.29, 0.717) is 45.2 Å². The van der Waals surface area contributed by atoms with Crippen LogP contribution in [-0.2, 0) is 21.0 Å². The van der Waals surface area contributed by atoms with E-state index in [-0.39, 0.29) is 25.5 Å². The molecule has 320 valence electrons. The lowest BCUT2D eigenvalue weighted by molar-refractivity contribution is -0.247. The number of thiophene rings is 1. The standard InChI is InChI=1S/C19H11ClF4N2O3S.C19H11ClF4N2OS.CH2Cl2/c20-17-8-7-16(30(17,28)29)18(27,19(22,23)24)12-1-6-15-11(9-12)10-25-26(15)14-4-2-13(21)3-5-14;20-17-8-7-16(28-17)18(27,19(22,23)24)12-1-6-15-11(9-12)10-25-26(15)14-4-2-13(21)3-5-14;2-1-3/h1-10,27H;1-10,27H;1H2. The smallest absolute Gasteiger partial charge is 0.372 e. The molecule has 1 aliphatic heterocycles. The van der Waals surface area contributed by atoms with Gasteiger partial charge in [-0.25, -0.2) is 26.6 Å². The van der Waals surface area contributed by atoms with Crippen LogP contribution < -0.4 is 0 Å². The van der Waals surface area contributed by atoms with Gasteiger partial charge in [0.1, 0.15) is 16.0 Å². The van der Waals surface area contributed by atoms with E-state index in [1.807, 2.05) is 0 Å². The summed E-state index contributed by atoms with van der Waals surface area (Å²) in [4.78, 5) is -1.60. The van der Waals surface area contributed by atoms with Crippen molar-refractivity contribution in [2.75, 3.05) is 5.34 Å². The van der Waals surface area contributed by atoms with Gasteiger partial charge in [-0.05, 0) is 108 Å². The highest BCUT2D eigenvalue weighted by atomic mass is 35.5. The molecule has 3 aromatic heterocycles. The molecule has 0 radical (unpaired) electrons. The number of aromatic nitrogens is 4. The van der Waals surface area contributed by atoms with Crippen LogP contribution in [0.4, 0.5) is 35.1 Å². The summed E-state index contributed by atoms with van der Waals surface area (Å²) in [6.45, 7) is 0. The van der Waals surface area contributed by atoms with Gasteiger partial charge in [-0.15, -0.1) is 34.5 Å². The molecule has 0 amide bonds. The molecular formula is C39H24Cl4F8N4O4S2. The number of nitrogens with zero attached hydrogens (tertiary/aromatic N) is 4. The molecule has 2 N–H and O–H groups in total. The van der Waals surface area contributed by atoms with Crippen LogP contribution in [-0.4, -0.2) is 55.9 Å². The molecule has 0 saturated heterocycles. The van der Waals surface area contributed by atoms with Crippen LogP contribution in [0.25, 0.3) is 33.2 Å². The molecule has 4 aromatic carbocycles. The lowest BCUT2D eigenvalue weighted by Gasteiger charge is -2.31. The molecular weight excluding hydrogens is 946 g/mol. The molecule has 0 bridgehead atoms. The van der Waals surface area contributed by atoms with E-state index in [9.17, 15) is 53.8 Å². The maximum atomic E-state index is 13.9. The van der Waals surface area contributed by atoms with Crippen LogP contribution in [0, 0.1) is 11.6 Å². The Morgan fingerprint density at radius 3 is 1.41 bits per heavy atom. The van der Waals surface area contributed by atoms with Crippen LogP contribution >= 0.6 is 57.7 Å². The zero-order valence-corrected chi connectivity index (χ0v) is 34.8. The lowest BCUT2D eigenvalue weighted by atomic mass is 9.90. The van der Waals surface area contributed by atoms with Gasteiger partial charge in [-0.1, -0.05) is 35.3 Å². The van der Waals surface area contributed by atoms with Crippen LogP contribution in [0.1, 0.15) is 16.0 Å². The summed E-state index contributed by atoms with van der Waals surface area (Å²) >= 11 is 21.5. The number of alkyl halides is 8. The monoisotopic (exact) mass is 968 g/mol. The molecule has 61 heavy (non-hydrogen) atoms. The van der Waals surface area contributed by atoms with E-state index < -0.39 is 59.9 Å². The van der Waals surface area contributed by atoms with Crippen molar-refractivity contribution in [2.45, 2.75) is 23.6 Å². The van der Waals surface area contributed by atoms with Crippen LogP contribution in [0.2, 0.25) is 4.34 Å². The summed E-state index contributed by atoms with van der Waals surface area (Å²) in [6, 6.07) is 20.4. The number of benzene rings is 4. The van der Waals surface area contributed by atoms with Gasteiger partial charge >= 0.3 is 12.4 Å². The average molecular weight is 971 g/mol. The number of allylic oxidation sites excluding steroid dienone is 2. The number of hydrogen-bond acceptors (Lipinski definition) is 7. The molecule has 0 spiro atoms. The van der Waals surface area contributed by atoms with Crippen molar-refractivity contribution in [3.8, 4) is 11.4 Å². The van der Waals surface area contributed by atoms with E-state index in [1.54, 1.807) is 0 Å². The fourth-order valence-corrected chi connectivity index (χ4v) is 9.05. The fourth-order valence-electron chi connectivity index (χ4n) is 6.23. The highest BCUT2D eigenvalue weighted by molar-refractivity contribution is 8.00. The first kappa shape index (κ1) is 46.0. The van der Waals surface area contributed by atoms with Gasteiger partial charge in [-0.3, -0.25) is 0 Å². The molecule has 22 heteroatoms. The first-order valence-corrected chi connectivity index (χ1v) is 21.0. The summed E-state index contributed by atoms with van der Waals surface area (Å²) in [5, 5.41) is 30.4. The predicted octanol–water partition coefficient (Wildman–Crippen LogP) is 11.4. The van der Waals surface area contributed by atoms with Crippen molar-refractivity contribution in [1.29, 1.82) is 0 Å². The van der Waals surface area contributed by atoms with Gasteiger partial charge < -0.3 is 10.2 Å². The van der Waals surface area contributed by atoms with Crippen molar-refractivity contribution in [3.63, 3.8) is 0 Å². The normalized spacial score (nSPS) is 15.8. The minimum absolute atomic E-state index is 0.142. The highest BCUT2D eigenvalue weighted by Gasteiger charge is 2.62. The zero-order chi connectivity index (χ0) is 44.7. The van der Waals surface area contributed by atoms with Gasteiger partial charge in [0.2, 0.25) is 21.0 Å². The average Bonchev–Trinajstić information content (AvgIpc) is 4.00. The van der Waals surface area contributed by atoms with Crippen molar-refractivity contribution in [1.82, 2.24) is 19.6 Å². The maximum absolute atomic E-state index is 13.9. The molecule has 2 unspecified atom stereocenters. The Bertz CT molecular complexity index is 2900.